The third-order valence-electron chi connectivity index (χ3n) is 2.04. The fraction of sp³-hybridized carbons (Fsp3) is 0.200. The second kappa shape index (κ2) is 4.07. The first-order valence-electron chi connectivity index (χ1n) is 4.50. The standard InChI is InChI=1S/C10H9NO4S/c1-5-4-16-9(11-5)7(12)8-6(10(13)14)2-3-15-8/h2-4,7,12H,1H3,(H,13,14). The average Bonchev–Trinajstić information content (AvgIpc) is 2.84. The van der Waals surface area contributed by atoms with Gasteiger partial charge in [0.25, 0.3) is 0 Å². The number of thiazole rings is 1. The highest BCUT2D eigenvalue weighted by atomic mass is 32.1. The molecule has 2 aromatic rings. The summed E-state index contributed by atoms with van der Waals surface area (Å²) in [4.78, 5) is 14.9. The van der Waals surface area contributed by atoms with E-state index >= 15 is 0 Å². The van der Waals surface area contributed by atoms with Crippen LogP contribution in [0.3, 0.4) is 0 Å². The summed E-state index contributed by atoms with van der Waals surface area (Å²) in [7, 11) is 0. The number of aromatic nitrogens is 1. The second-order valence-electron chi connectivity index (χ2n) is 3.23. The molecule has 0 saturated carbocycles. The molecule has 0 bridgehead atoms. The Hall–Kier alpha value is -1.66. The van der Waals surface area contributed by atoms with Gasteiger partial charge in [0.05, 0.1) is 6.26 Å². The van der Waals surface area contributed by atoms with Crippen LogP contribution in [0.1, 0.15) is 32.9 Å². The van der Waals surface area contributed by atoms with Crippen molar-refractivity contribution in [3.8, 4) is 0 Å². The molecular formula is C10H9NO4S. The van der Waals surface area contributed by atoms with Gasteiger partial charge in [-0.3, -0.25) is 0 Å². The first kappa shape index (κ1) is 10.8. The molecule has 0 radical (unpaired) electrons. The van der Waals surface area contributed by atoms with Crippen LogP contribution in [0.5, 0.6) is 0 Å². The summed E-state index contributed by atoms with van der Waals surface area (Å²) in [5, 5.41) is 21.0. The monoisotopic (exact) mass is 239 g/mol. The highest BCUT2D eigenvalue weighted by Crippen LogP contribution is 2.28. The molecule has 5 nitrogen and oxygen atoms in total. The maximum absolute atomic E-state index is 10.8. The lowest BCUT2D eigenvalue weighted by atomic mass is 10.2. The zero-order valence-electron chi connectivity index (χ0n) is 8.38. The summed E-state index contributed by atoms with van der Waals surface area (Å²) in [5.41, 5.74) is 0.739. The normalized spacial score (nSPS) is 12.6. The van der Waals surface area contributed by atoms with E-state index in [1.807, 2.05) is 0 Å². The number of aromatic carboxylic acids is 1. The number of aryl methyl sites for hydroxylation is 1. The zero-order valence-corrected chi connectivity index (χ0v) is 9.19. The van der Waals surface area contributed by atoms with Crippen molar-refractivity contribution in [3.63, 3.8) is 0 Å². The van der Waals surface area contributed by atoms with Crippen molar-refractivity contribution in [3.05, 3.63) is 39.7 Å². The van der Waals surface area contributed by atoms with Gasteiger partial charge >= 0.3 is 5.97 Å². The van der Waals surface area contributed by atoms with Crippen LogP contribution in [0.15, 0.2) is 22.1 Å². The zero-order chi connectivity index (χ0) is 11.7. The fourth-order valence-corrected chi connectivity index (χ4v) is 2.10. The summed E-state index contributed by atoms with van der Waals surface area (Å²) >= 11 is 1.26. The van der Waals surface area contributed by atoms with Crippen LogP contribution >= 0.6 is 11.3 Å². The Labute approximate surface area is 95.0 Å². The smallest absolute Gasteiger partial charge is 0.339 e. The van der Waals surface area contributed by atoms with E-state index in [-0.39, 0.29) is 11.3 Å². The predicted molar refractivity (Wildman–Crippen MR) is 56.6 cm³/mol. The summed E-state index contributed by atoms with van der Waals surface area (Å²) in [6.45, 7) is 1.80. The first-order valence-corrected chi connectivity index (χ1v) is 5.38. The van der Waals surface area contributed by atoms with E-state index in [9.17, 15) is 9.90 Å². The fourth-order valence-electron chi connectivity index (χ4n) is 1.32. The Kier molecular flexibility index (Phi) is 2.76. The minimum absolute atomic E-state index is 0.0156. The minimum Gasteiger partial charge on any atom is -0.478 e. The lowest BCUT2D eigenvalue weighted by molar-refractivity contribution is 0.0687. The molecule has 16 heavy (non-hydrogen) atoms. The van der Waals surface area contributed by atoms with Gasteiger partial charge in [-0.1, -0.05) is 0 Å². The highest BCUT2D eigenvalue weighted by molar-refractivity contribution is 7.09. The van der Waals surface area contributed by atoms with Crippen LogP contribution in [0.2, 0.25) is 0 Å². The molecule has 2 heterocycles. The maximum Gasteiger partial charge on any atom is 0.339 e. The molecular weight excluding hydrogens is 230 g/mol. The predicted octanol–water partition coefficient (Wildman–Crippen LogP) is 1.82. The lowest BCUT2D eigenvalue weighted by Crippen LogP contribution is -2.05. The minimum atomic E-state index is -1.13. The number of carboxylic acids is 1. The average molecular weight is 239 g/mol. The van der Waals surface area contributed by atoms with Crippen LogP contribution in [-0.4, -0.2) is 21.2 Å². The topological polar surface area (TPSA) is 83.6 Å². The number of hydrogen-bond acceptors (Lipinski definition) is 5. The molecule has 2 rings (SSSR count). The van der Waals surface area contributed by atoms with Gasteiger partial charge in [-0.25, -0.2) is 9.78 Å². The molecule has 1 atom stereocenters. The third kappa shape index (κ3) is 1.84. The van der Waals surface area contributed by atoms with Gasteiger partial charge in [-0.15, -0.1) is 11.3 Å². The second-order valence-corrected chi connectivity index (χ2v) is 4.12. The molecule has 2 aromatic heterocycles. The van der Waals surface area contributed by atoms with Crippen LogP contribution in [0.25, 0.3) is 0 Å². The molecule has 2 N–H and O–H groups in total. The molecule has 0 aromatic carbocycles. The first-order chi connectivity index (χ1) is 7.59. The van der Waals surface area contributed by atoms with E-state index in [0.717, 1.165) is 5.69 Å². The van der Waals surface area contributed by atoms with Crippen molar-refractivity contribution in [1.82, 2.24) is 4.98 Å². The van der Waals surface area contributed by atoms with E-state index in [2.05, 4.69) is 4.98 Å². The van der Waals surface area contributed by atoms with Gasteiger partial charge in [0.1, 0.15) is 10.6 Å². The number of furan rings is 1. The van der Waals surface area contributed by atoms with Gasteiger partial charge in [-0.05, 0) is 13.0 Å². The largest absolute Gasteiger partial charge is 0.478 e. The highest BCUT2D eigenvalue weighted by Gasteiger charge is 2.24. The van der Waals surface area contributed by atoms with Crippen LogP contribution in [0.4, 0.5) is 0 Å². The Morgan fingerprint density at radius 1 is 1.62 bits per heavy atom. The Balaban J connectivity index is 2.37. The quantitative estimate of drug-likeness (QED) is 0.853. The number of aliphatic hydroxyl groups excluding tert-OH is 1. The van der Waals surface area contributed by atoms with E-state index < -0.39 is 12.1 Å². The van der Waals surface area contributed by atoms with Crippen molar-refractivity contribution in [2.45, 2.75) is 13.0 Å². The summed E-state index contributed by atoms with van der Waals surface area (Å²) in [5.74, 6) is -1.11. The van der Waals surface area contributed by atoms with Crippen LogP contribution in [0, 0.1) is 6.92 Å². The Morgan fingerprint density at radius 3 is 2.94 bits per heavy atom. The van der Waals surface area contributed by atoms with Gasteiger partial charge < -0.3 is 14.6 Å². The van der Waals surface area contributed by atoms with Crippen molar-refractivity contribution < 1.29 is 19.4 Å². The number of nitrogens with zero attached hydrogens (tertiary/aromatic N) is 1. The van der Waals surface area contributed by atoms with Crippen molar-refractivity contribution in [2.75, 3.05) is 0 Å². The molecule has 1 unspecified atom stereocenters. The molecule has 0 amide bonds. The number of rotatable bonds is 3. The molecule has 0 aliphatic heterocycles. The molecule has 0 saturated heterocycles. The lowest BCUT2D eigenvalue weighted by Gasteiger charge is -2.04. The van der Waals surface area contributed by atoms with Gasteiger partial charge in [-0.2, -0.15) is 0 Å². The van der Waals surface area contributed by atoms with Crippen LogP contribution < -0.4 is 0 Å². The van der Waals surface area contributed by atoms with Crippen molar-refractivity contribution in [1.29, 1.82) is 0 Å². The molecule has 84 valence electrons. The number of carboxylic acid groups (broad SMARTS) is 1. The maximum atomic E-state index is 10.8. The van der Waals surface area contributed by atoms with Gasteiger partial charge in [0.15, 0.2) is 11.9 Å². The summed E-state index contributed by atoms with van der Waals surface area (Å²) in [6.07, 6.45) is 0.113. The van der Waals surface area contributed by atoms with Crippen molar-refractivity contribution in [2.24, 2.45) is 0 Å². The molecule has 6 heteroatoms. The Morgan fingerprint density at radius 2 is 2.38 bits per heavy atom. The number of carbonyl (C=O) groups is 1. The molecule has 0 aliphatic rings. The van der Waals surface area contributed by atoms with Gasteiger partial charge in [0, 0.05) is 11.1 Å². The molecule has 0 spiro atoms. The van der Waals surface area contributed by atoms with E-state index in [4.69, 9.17) is 9.52 Å². The van der Waals surface area contributed by atoms with E-state index in [1.165, 1.54) is 23.7 Å². The van der Waals surface area contributed by atoms with Crippen molar-refractivity contribution >= 4 is 17.3 Å². The van der Waals surface area contributed by atoms with E-state index in [0.29, 0.717) is 5.01 Å². The SMILES string of the molecule is Cc1csc(C(O)c2occc2C(=O)O)n1. The van der Waals surface area contributed by atoms with E-state index in [1.54, 1.807) is 12.3 Å². The number of hydrogen-bond donors (Lipinski definition) is 2. The molecule has 0 aliphatic carbocycles. The number of aliphatic hydroxyl groups is 1. The van der Waals surface area contributed by atoms with Gasteiger partial charge in [0.2, 0.25) is 0 Å². The summed E-state index contributed by atoms with van der Waals surface area (Å²) in [6, 6.07) is 1.31. The Bertz CT molecular complexity index is 516. The summed E-state index contributed by atoms with van der Waals surface area (Å²) < 4.78 is 4.99. The molecule has 0 fully saturated rings. The van der Waals surface area contributed by atoms with Crippen LogP contribution in [-0.2, 0) is 0 Å². The third-order valence-corrected chi connectivity index (χ3v) is 3.06.